The van der Waals surface area contributed by atoms with Gasteiger partial charge in [-0.3, -0.25) is 0 Å². The van der Waals surface area contributed by atoms with Crippen molar-refractivity contribution in [3.05, 3.63) is 65.7 Å². The summed E-state index contributed by atoms with van der Waals surface area (Å²) in [7, 11) is 5.69. The van der Waals surface area contributed by atoms with Crippen molar-refractivity contribution in [1.29, 1.82) is 0 Å². The van der Waals surface area contributed by atoms with Crippen LogP contribution in [0.2, 0.25) is 0 Å². The summed E-state index contributed by atoms with van der Waals surface area (Å²) in [5.41, 5.74) is 0.765. The van der Waals surface area contributed by atoms with Crippen LogP contribution >= 0.6 is 0 Å². The summed E-state index contributed by atoms with van der Waals surface area (Å²) >= 11 is 0. The third-order valence-electron chi connectivity index (χ3n) is 4.10. The molecule has 0 fully saturated rings. The predicted molar refractivity (Wildman–Crippen MR) is 90.2 cm³/mol. The molecule has 0 unspecified atom stereocenters. The Morgan fingerprint density at radius 2 is 1.55 bits per heavy atom. The molecular weight excluding hydrogens is 274 g/mol. The van der Waals surface area contributed by atoms with Crippen LogP contribution in [0, 0.1) is 5.92 Å². The van der Waals surface area contributed by atoms with Crippen molar-refractivity contribution < 1.29 is 9.84 Å². The molecule has 2 rings (SSSR count). The second-order valence-electron chi connectivity index (χ2n) is 6.02. The quantitative estimate of drug-likeness (QED) is 0.889. The first-order valence-corrected chi connectivity index (χ1v) is 7.55. The zero-order chi connectivity index (χ0) is 16.2. The van der Waals surface area contributed by atoms with Crippen LogP contribution in [0.5, 0.6) is 5.75 Å². The lowest BCUT2D eigenvalue weighted by Crippen LogP contribution is -2.40. The van der Waals surface area contributed by atoms with E-state index in [2.05, 4.69) is 11.8 Å². The molecule has 3 heteroatoms. The van der Waals surface area contributed by atoms with Gasteiger partial charge >= 0.3 is 0 Å². The van der Waals surface area contributed by atoms with Crippen LogP contribution in [0.1, 0.15) is 18.1 Å². The van der Waals surface area contributed by atoms with Crippen molar-refractivity contribution in [3.63, 3.8) is 0 Å². The average molecular weight is 299 g/mol. The van der Waals surface area contributed by atoms with E-state index in [9.17, 15) is 5.11 Å². The van der Waals surface area contributed by atoms with Gasteiger partial charge < -0.3 is 14.7 Å². The first-order chi connectivity index (χ1) is 10.5. The van der Waals surface area contributed by atoms with Gasteiger partial charge in [-0.2, -0.15) is 0 Å². The van der Waals surface area contributed by atoms with Crippen LogP contribution in [0.4, 0.5) is 0 Å². The van der Waals surface area contributed by atoms with Crippen molar-refractivity contribution in [2.24, 2.45) is 5.92 Å². The van der Waals surface area contributed by atoms with Gasteiger partial charge in [0.25, 0.3) is 0 Å². The molecule has 0 aromatic heterocycles. The Morgan fingerprint density at radius 1 is 1.00 bits per heavy atom. The van der Waals surface area contributed by atoms with Gasteiger partial charge in [-0.15, -0.1) is 0 Å². The Hall–Kier alpha value is -1.84. The number of nitrogens with zero attached hydrogens (tertiary/aromatic N) is 1. The van der Waals surface area contributed by atoms with Gasteiger partial charge in [-0.05, 0) is 37.4 Å². The van der Waals surface area contributed by atoms with E-state index in [1.54, 1.807) is 7.11 Å². The van der Waals surface area contributed by atoms with Gasteiger partial charge in [0.05, 0.1) is 7.11 Å². The summed E-state index contributed by atoms with van der Waals surface area (Å²) in [4.78, 5) is 2.10. The van der Waals surface area contributed by atoms with E-state index in [1.807, 2.05) is 68.7 Å². The van der Waals surface area contributed by atoms with Gasteiger partial charge in [0.1, 0.15) is 11.4 Å². The fourth-order valence-corrected chi connectivity index (χ4v) is 2.95. The zero-order valence-corrected chi connectivity index (χ0v) is 13.8. The lowest BCUT2D eigenvalue weighted by molar-refractivity contribution is 0.0134. The minimum Gasteiger partial charge on any atom is -0.497 e. The summed E-state index contributed by atoms with van der Waals surface area (Å²) in [6, 6.07) is 17.5. The van der Waals surface area contributed by atoms with Gasteiger partial charge in [0.2, 0.25) is 0 Å². The molecule has 0 saturated carbocycles. The maximum atomic E-state index is 11.6. The van der Waals surface area contributed by atoms with E-state index in [4.69, 9.17) is 4.74 Å². The van der Waals surface area contributed by atoms with E-state index in [0.717, 1.165) is 23.4 Å². The molecule has 0 aliphatic heterocycles. The van der Waals surface area contributed by atoms with Crippen LogP contribution in [0.15, 0.2) is 54.6 Å². The number of hydrogen-bond acceptors (Lipinski definition) is 3. The maximum absolute atomic E-state index is 11.6. The van der Waals surface area contributed by atoms with Crippen LogP contribution in [0.3, 0.4) is 0 Å². The number of aliphatic hydroxyl groups is 1. The Balaban J connectivity index is 2.49. The van der Waals surface area contributed by atoms with Crippen molar-refractivity contribution in [2.45, 2.75) is 12.5 Å². The second kappa shape index (κ2) is 6.95. The highest BCUT2D eigenvalue weighted by atomic mass is 16.5. The van der Waals surface area contributed by atoms with E-state index in [-0.39, 0.29) is 5.92 Å². The molecule has 0 bridgehead atoms. The zero-order valence-electron chi connectivity index (χ0n) is 13.8. The van der Waals surface area contributed by atoms with Crippen LogP contribution in [0.25, 0.3) is 0 Å². The number of ether oxygens (including phenoxy) is 1. The van der Waals surface area contributed by atoms with Crippen LogP contribution in [-0.2, 0) is 5.60 Å². The highest BCUT2D eigenvalue weighted by Crippen LogP contribution is 2.37. The number of hydrogen-bond donors (Lipinski definition) is 1. The molecular formula is C19H25NO2. The SMILES string of the molecule is COc1ccc([C@](O)(c2ccccc2)[C@H](C)CN(C)C)cc1. The molecule has 0 amide bonds. The topological polar surface area (TPSA) is 32.7 Å². The molecule has 0 aliphatic rings. The van der Waals surface area contributed by atoms with Crippen LogP contribution < -0.4 is 4.74 Å². The minimum absolute atomic E-state index is 0.0401. The number of rotatable bonds is 6. The molecule has 3 nitrogen and oxygen atoms in total. The molecule has 0 heterocycles. The summed E-state index contributed by atoms with van der Waals surface area (Å²) in [6.07, 6.45) is 0. The number of methoxy groups -OCH3 is 1. The summed E-state index contributed by atoms with van der Waals surface area (Å²) < 4.78 is 5.22. The smallest absolute Gasteiger partial charge is 0.118 e. The van der Waals surface area contributed by atoms with Crippen molar-refractivity contribution in [2.75, 3.05) is 27.7 Å². The molecule has 2 aromatic rings. The molecule has 0 spiro atoms. The molecule has 1 N–H and O–H groups in total. The molecule has 0 saturated heterocycles. The molecule has 0 radical (unpaired) electrons. The third-order valence-corrected chi connectivity index (χ3v) is 4.10. The molecule has 0 aliphatic carbocycles. The van der Waals surface area contributed by atoms with Crippen LogP contribution in [-0.4, -0.2) is 37.8 Å². The highest BCUT2D eigenvalue weighted by Gasteiger charge is 2.37. The minimum atomic E-state index is -1.03. The van der Waals surface area contributed by atoms with E-state index < -0.39 is 5.60 Å². The molecule has 22 heavy (non-hydrogen) atoms. The Morgan fingerprint density at radius 3 is 2.05 bits per heavy atom. The maximum Gasteiger partial charge on any atom is 0.118 e. The standard InChI is InChI=1S/C19H25NO2/c1-15(14-20(2)3)19(21,16-8-6-5-7-9-16)17-10-12-18(22-4)13-11-17/h5-13,15,21H,14H2,1-4H3/t15-,19-/m1/s1. The van der Waals surface area contributed by atoms with Crippen molar-refractivity contribution >= 4 is 0 Å². The highest BCUT2D eigenvalue weighted by molar-refractivity contribution is 5.39. The monoisotopic (exact) mass is 299 g/mol. The average Bonchev–Trinajstić information content (AvgIpc) is 2.54. The largest absolute Gasteiger partial charge is 0.497 e. The lowest BCUT2D eigenvalue weighted by atomic mass is 9.76. The molecule has 2 aromatic carbocycles. The van der Waals surface area contributed by atoms with Gasteiger partial charge in [0, 0.05) is 12.5 Å². The fourth-order valence-electron chi connectivity index (χ4n) is 2.95. The van der Waals surface area contributed by atoms with E-state index >= 15 is 0 Å². The lowest BCUT2D eigenvalue weighted by Gasteiger charge is -2.37. The normalized spacial score (nSPS) is 15.4. The molecule has 2 atom stereocenters. The van der Waals surface area contributed by atoms with Crippen molar-refractivity contribution in [3.8, 4) is 5.75 Å². The first-order valence-electron chi connectivity index (χ1n) is 7.55. The van der Waals surface area contributed by atoms with Gasteiger partial charge in [-0.25, -0.2) is 0 Å². The summed E-state index contributed by atoms with van der Waals surface area (Å²) in [5, 5.41) is 11.6. The third kappa shape index (κ3) is 3.32. The van der Waals surface area contributed by atoms with E-state index in [0.29, 0.717) is 0 Å². The summed E-state index contributed by atoms with van der Waals surface area (Å²) in [6.45, 7) is 2.87. The van der Waals surface area contributed by atoms with E-state index in [1.165, 1.54) is 0 Å². The summed E-state index contributed by atoms with van der Waals surface area (Å²) in [5.74, 6) is 0.831. The van der Waals surface area contributed by atoms with Gasteiger partial charge in [-0.1, -0.05) is 49.4 Å². The fraction of sp³-hybridized carbons (Fsp3) is 0.368. The number of benzene rings is 2. The van der Waals surface area contributed by atoms with Gasteiger partial charge in [0.15, 0.2) is 0 Å². The first kappa shape index (κ1) is 16.5. The predicted octanol–water partition coefficient (Wildman–Crippen LogP) is 3.13. The second-order valence-corrected chi connectivity index (χ2v) is 6.02. The Bertz CT molecular complexity index is 580. The Kier molecular flexibility index (Phi) is 5.22. The molecule has 118 valence electrons. The van der Waals surface area contributed by atoms with Crippen molar-refractivity contribution in [1.82, 2.24) is 4.90 Å². The Labute approximate surface area is 133 Å².